The average molecular weight is 232 g/mol. The summed E-state index contributed by atoms with van der Waals surface area (Å²) >= 11 is 0. The second kappa shape index (κ2) is 4.75. The van der Waals surface area contributed by atoms with Gasteiger partial charge in [0.05, 0.1) is 11.2 Å². The Morgan fingerprint density at radius 3 is 2.82 bits per heavy atom. The number of likely N-dealkylation sites (N-methyl/N-ethyl adjacent to an activating group) is 1. The Bertz CT molecular complexity index is 515. The molecule has 0 aliphatic carbocycles. The molecular formula is C13H20N4. The molecule has 2 N–H and O–H groups in total. The molecule has 17 heavy (non-hydrogen) atoms. The average Bonchev–Trinajstić information content (AvgIpc) is 2.63. The highest BCUT2D eigenvalue weighted by atomic mass is 15.2. The lowest BCUT2D eigenvalue weighted by molar-refractivity contribution is 0.819. The molecule has 0 saturated heterocycles. The molecule has 0 spiro atoms. The fraction of sp³-hybridized carbons (Fsp3) is 0.462. The molecule has 2 aromatic rings. The van der Waals surface area contributed by atoms with Gasteiger partial charge < -0.3 is 15.2 Å². The van der Waals surface area contributed by atoms with Crippen molar-refractivity contribution in [3.05, 3.63) is 24.0 Å². The van der Waals surface area contributed by atoms with Crippen LogP contribution in [0.3, 0.4) is 0 Å². The Kier molecular flexibility index (Phi) is 3.33. The number of benzene rings is 1. The first kappa shape index (κ1) is 11.9. The molecule has 1 aromatic heterocycles. The Balaban J connectivity index is 2.57. The van der Waals surface area contributed by atoms with Crippen molar-refractivity contribution in [2.24, 2.45) is 12.8 Å². The van der Waals surface area contributed by atoms with Crippen molar-refractivity contribution in [3.8, 4) is 0 Å². The summed E-state index contributed by atoms with van der Waals surface area (Å²) in [7, 11) is 2.05. The van der Waals surface area contributed by atoms with E-state index < -0.39 is 0 Å². The standard InChI is InChI=1S/C13H20N4/c1-4-17(9-8-14)12-7-5-6-11-13(12)15-10(2)16(11)3/h5-7H,4,8-9,14H2,1-3H3. The molecule has 1 heterocycles. The number of anilines is 1. The SMILES string of the molecule is CCN(CCN)c1cccc2c1nc(C)n2C. The van der Waals surface area contributed by atoms with Crippen LogP contribution in [0.2, 0.25) is 0 Å². The molecule has 0 saturated carbocycles. The van der Waals surface area contributed by atoms with Gasteiger partial charge in [-0.1, -0.05) is 6.07 Å². The smallest absolute Gasteiger partial charge is 0.112 e. The van der Waals surface area contributed by atoms with Gasteiger partial charge in [0.2, 0.25) is 0 Å². The van der Waals surface area contributed by atoms with E-state index in [4.69, 9.17) is 5.73 Å². The van der Waals surface area contributed by atoms with E-state index in [1.807, 2.05) is 14.0 Å². The first-order valence-electron chi connectivity index (χ1n) is 6.06. The van der Waals surface area contributed by atoms with Crippen molar-refractivity contribution in [1.29, 1.82) is 0 Å². The first-order chi connectivity index (χ1) is 8.19. The van der Waals surface area contributed by atoms with Crippen LogP contribution in [0.1, 0.15) is 12.7 Å². The number of rotatable bonds is 4. The lowest BCUT2D eigenvalue weighted by atomic mass is 10.2. The molecule has 1 aromatic carbocycles. The fourth-order valence-corrected chi connectivity index (χ4v) is 2.18. The minimum atomic E-state index is 0.663. The number of nitrogens with zero attached hydrogens (tertiary/aromatic N) is 3. The molecule has 4 nitrogen and oxygen atoms in total. The van der Waals surface area contributed by atoms with Gasteiger partial charge in [-0.05, 0) is 26.0 Å². The maximum Gasteiger partial charge on any atom is 0.112 e. The predicted octanol–water partition coefficient (Wildman–Crippen LogP) is 1.67. The van der Waals surface area contributed by atoms with E-state index in [0.717, 1.165) is 24.4 Å². The number of nitrogens with two attached hydrogens (primary N) is 1. The van der Waals surface area contributed by atoms with E-state index in [9.17, 15) is 0 Å². The Labute approximate surface area is 102 Å². The van der Waals surface area contributed by atoms with Gasteiger partial charge >= 0.3 is 0 Å². The van der Waals surface area contributed by atoms with E-state index in [-0.39, 0.29) is 0 Å². The lowest BCUT2D eigenvalue weighted by Gasteiger charge is -2.22. The van der Waals surface area contributed by atoms with Crippen LogP contribution in [0.4, 0.5) is 5.69 Å². The number of imidazole rings is 1. The molecule has 0 radical (unpaired) electrons. The van der Waals surface area contributed by atoms with Crippen LogP contribution >= 0.6 is 0 Å². The van der Waals surface area contributed by atoms with Crippen LogP contribution < -0.4 is 10.6 Å². The van der Waals surface area contributed by atoms with Crippen LogP contribution in [0.25, 0.3) is 11.0 Å². The van der Waals surface area contributed by atoms with Crippen LogP contribution in [-0.4, -0.2) is 29.2 Å². The molecular weight excluding hydrogens is 212 g/mol. The summed E-state index contributed by atoms with van der Waals surface area (Å²) in [6, 6.07) is 6.31. The van der Waals surface area contributed by atoms with Crippen molar-refractivity contribution >= 4 is 16.7 Å². The van der Waals surface area contributed by atoms with Crippen molar-refractivity contribution in [2.45, 2.75) is 13.8 Å². The molecule has 0 aliphatic rings. The first-order valence-corrected chi connectivity index (χ1v) is 6.06. The van der Waals surface area contributed by atoms with Gasteiger partial charge in [-0.2, -0.15) is 0 Å². The maximum absolute atomic E-state index is 5.65. The second-order valence-corrected chi connectivity index (χ2v) is 4.23. The minimum absolute atomic E-state index is 0.663. The quantitative estimate of drug-likeness (QED) is 0.872. The molecule has 0 fully saturated rings. The monoisotopic (exact) mass is 232 g/mol. The van der Waals surface area contributed by atoms with Gasteiger partial charge in [0.15, 0.2) is 0 Å². The Morgan fingerprint density at radius 1 is 1.41 bits per heavy atom. The van der Waals surface area contributed by atoms with Crippen molar-refractivity contribution < 1.29 is 0 Å². The lowest BCUT2D eigenvalue weighted by Crippen LogP contribution is -2.29. The van der Waals surface area contributed by atoms with Gasteiger partial charge in [-0.15, -0.1) is 0 Å². The van der Waals surface area contributed by atoms with Crippen molar-refractivity contribution in [2.75, 3.05) is 24.5 Å². The summed E-state index contributed by atoms with van der Waals surface area (Å²) in [5, 5.41) is 0. The van der Waals surface area contributed by atoms with Crippen molar-refractivity contribution in [3.63, 3.8) is 0 Å². The zero-order chi connectivity index (χ0) is 12.4. The molecule has 4 heteroatoms. The zero-order valence-electron chi connectivity index (χ0n) is 10.8. The highest BCUT2D eigenvalue weighted by Crippen LogP contribution is 2.26. The third-order valence-electron chi connectivity index (χ3n) is 3.24. The van der Waals surface area contributed by atoms with Gasteiger partial charge in [-0.25, -0.2) is 4.98 Å². The van der Waals surface area contributed by atoms with Crippen LogP contribution in [0, 0.1) is 6.92 Å². The second-order valence-electron chi connectivity index (χ2n) is 4.23. The number of hydrogen-bond acceptors (Lipinski definition) is 3. The summed E-state index contributed by atoms with van der Waals surface area (Å²) in [5.74, 6) is 1.04. The highest BCUT2D eigenvalue weighted by Gasteiger charge is 2.12. The summed E-state index contributed by atoms with van der Waals surface area (Å²) < 4.78 is 2.12. The molecule has 2 rings (SSSR count). The summed E-state index contributed by atoms with van der Waals surface area (Å²) in [6.45, 7) is 6.65. The third kappa shape index (κ3) is 2.00. The topological polar surface area (TPSA) is 47.1 Å². The number of hydrogen-bond donors (Lipinski definition) is 1. The number of aryl methyl sites for hydroxylation is 2. The molecule has 0 unspecified atom stereocenters. The van der Waals surface area contributed by atoms with Gasteiger partial charge in [0.1, 0.15) is 11.3 Å². The Hall–Kier alpha value is -1.55. The largest absolute Gasteiger partial charge is 0.369 e. The van der Waals surface area contributed by atoms with Crippen LogP contribution in [0.15, 0.2) is 18.2 Å². The van der Waals surface area contributed by atoms with Gasteiger partial charge in [0.25, 0.3) is 0 Å². The number of aromatic nitrogens is 2. The highest BCUT2D eigenvalue weighted by molar-refractivity contribution is 5.89. The Morgan fingerprint density at radius 2 is 2.18 bits per heavy atom. The molecule has 0 aliphatic heterocycles. The molecule has 92 valence electrons. The fourth-order valence-electron chi connectivity index (χ4n) is 2.18. The maximum atomic E-state index is 5.65. The van der Waals surface area contributed by atoms with E-state index >= 15 is 0 Å². The molecule has 0 amide bonds. The molecule has 0 bridgehead atoms. The van der Waals surface area contributed by atoms with Gasteiger partial charge in [0, 0.05) is 26.7 Å². The summed E-state index contributed by atoms with van der Waals surface area (Å²) in [6.07, 6.45) is 0. The summed E-state index contributed by atoms with van der Waals surface area (Å²) in [4.78, 5) is 6.92. The van der Waals surface area contributed by atoms with Crippen LogP contribution in [-0.2, 0) is 7.05 Å². The zero-order valence-corrected chi connectivity index (χ0v) is 10.8. The van der Waals surface area contributed by atoms with E-state index in [1.54, 1.807) is 0 Å². The van der Waals surface area contributed by atoms with Crippen LogP contribution in [0.5, 0.6) is 0 Å². The number of fused-ring (bicyclic) bond motifs is 1. The van der Waals surface area contributed by atoms with E-state index in [2.05, 4.69) is 39.6 Å². The minimum Gasteiger partial charge on any atom is -0.369 e. The van der Waals surface area contributed by atoms with E-state index in [0.29, 0.717) is 6.54 Å². The van der Waals surface area contributed by atoms with E-state index in [1.165, 1.54) is 11.2 Å². The predicted molar refractivity (Wildman–Crippen MR) is 72.4 cm³/mol. The number of para-hydroxylation sites is 1. The third-order valence-corrected chi connectivity index (χ3v) is 3.24. The normalized spacial score (nSPS) is 11.1. The van der Waals surface area contributed by atoms with Crippen molar-refractivity contribution in [1.82, 2.24) is 9.55 Å². The molecule has 0 atom stereocenters. The van der Waals surface area contributed by atoms with Gasteiger partial charge in [-0.3, -0.25) is 0 Å². The summed E-state index contributed by atoms with van der Waals surface area (Å²) in [5.41, 5.74) is 9.08.